The Morgan fingerprint density at radius 2 is 1.84 bits per heavy atom. The molecule has 1 aromatic heterocycles. The van der Waals surface area contributed by atoms with Gasteiger partial charge >= 0.3 is 0 Å². The summed E-state index contributed by atoms with van der Waals surface area (Å²) in [5, 5.41) is 4.00. The van der Waals surface area contributed by atoms with Gasteiger partial charge in [0.1, 0.15) is 4.90 Å². The third kappa shape index (κ3) is 3.62. The van der Waals surface area contributed by atoms with Crippen LogP contribution in [-0.4, -0.2) is 55.3 Å². The molecule has 142 valence electrons. The molecule has 1 saturated heterocycles. The molecule has 0 spiro atoms. The van der Waals surface area contributed by atoms with E-state index in [-0.39, 0.29) is 16.7 Å². The minimum absolute atomic E-state index is 0.205. The summed E-state index contributed by atoms with van der Waals surface area (Å²) in [7, 11) is -7.01. The molecular weight excluding hydrogens is 364 g/mol. The highest BCUT2D eigenvalue weighted by atomic mass is 32.2. The summed E-state index contributed by atoms with van der Waals surface area (Å²) >= 11 is 0. The summed E-state index contributed by atoms with van der Waals surface area (Å²) in [6.07, 6.45) is 2.72. The first-order valence-corrected chi connectivity index (χ1v) is 11.7. The zero-order valence-corrected chi connectivity index (χ0v) is 16.5. The Morgan fingerprint density at radius 3 is 2.40 bits per heavy atom. The molecular formula is C15H26N4O4S2. The summed E-state index contributed by atoms with van der Waals surface area (Å²) in [6, 6.07) is -0.406. The van der Waals surface area contributed by atoms with E-state index >= 15 is 0 Å². The summed E-state index contributed by atoms with van der Waals surface area (Å²) in [5.74, 6) is 0. The Hall–Kier alpha value is -0.970. The fraction of sp³-hybridized carbons (Fsp3) is 0.800. The maximum Gasteiger partial charge on any atom is 0.244 e. The zero-order valence-electron chi connectivity index (χ0n) is 14.9. The van der Waals surface area contributed by atoms with Crippen molar-refractivity contribution in [2.24, 2.45) is 0 Å². The second-order valence-electron chi connectivity index (χ2n) is 6.88. The van der Waals surface area contributed by atoms with Crippen LogP contribution in [0.2, 0.25) is 0 Å². The molecule has 3 rings (SSSR count). The molecule has 0 unspecified atom stereocenters. The van der Waals surface area contributed by atoms with Gasteiger partial charge in [0.15, 0.2) is 0 Å². The molecule has 25 heavy (non-hydrogen) atoms. The Morgan fingerprint density at radius 1 is 1.16 bits per heavy atom. The molecule has 0 aromatic carbocycles. The minimum atomic E-state index is -3.74. The monoisotopic (exact) mass is 390 g/mol. The Labute approximate surface area is 149 Å². The quantitative estimate of drug-likeness (QED) is 0.772. The van der Waals surface area contributed by atoms with Gasteiger partial charge in [-0.15, -0.1) is 0 Å². The lowest BCUT2D eigenvalue weighted by Gasteiger charge is -2.32. The van der Waals surface area contributed by atoms with E-state index in [9.17, 15) is 16.8 Å². The highest BCUT2D eigenvalue weighted by molar-refractivity contribution is 7.90. The number of hydrogen-bond acceptors (Lipinski definition) is 5. The van der Waals surface area contributed by atoms with Crippen molar-refractivity contribution in [3.63, 3.8) is 0 Å². The van der Waals surface area contributed by atoms with E-state index in [0.29, 0.717) is 50.2 Å². The fourth-order valence-electron chi connectivity index (χ4n) is 3.50. The third-order valence-electron chi connectivity index (χ3n) is 4.89. The van der Waals surface area contributed by atoms with Crippen LogP contribution in [0.3, 0.4) is 0 Å². The van der Waals surface area contributed by atoms with Gasteiger partial charge in [-0.2, -0.15) is 5.10 Å². The first-order valence-electron chi connectivity index (χ1n) is 8.72. The SMILES string of the molecule is CCn1nc(C)c(S(=O)(=O)N[C@@H]2CCCN(S(=O)(=O)C3CC3)C2)c1C. The normalized spacial score (nSPS) is 23.1. The largest absolute Gasteiger partial charge is 0.268 e. The van der Waals surface area contributed by atoms with Crippen LogP contribution in [-0.2, 0) is 26.6 Å². The van der Waals surface area contributed by atoms with E-state index < -0.39 is 26.1 Å². The molecule has 0 radical (unpaired) electrons. The molecule has 1 saturated carbocycles. The molecule has 10 heteroatoms. The van der Waals surface area contributed by atoms with Gasteiger partial charge in [-0.05, 0) is 46.5 Å². The van der Waals surface area contributed by atoms with Crippen molar-refractivity contribution in [1.82, 2.24) is 18.8 Å². The van der Waals surface area contributed by atoms with E-state index in [1.807, 2.05) is 6.92 Å². The second kappa shape index (κ2) is 6.64. The number of aryl methyl sites for hydroxylation is 2. The van der Waals surface area contributed by atoms with E-state index in [0.717, 1.165) is 0 Å². The topological polar surface area (TPSA) is 101 Å². The highest BCUT2D eigenvalue weighted by Gasteiger charge is 2.42. The molecule has 1 N–H and O–H groups in total. The Balaban J connectivity index is 1.78. The van der Waals surface area contributed by atoms with Gasteiger partial charge in [0.25, 0.3) is 0 Å². The van der Waals surface area contributed by atoms with Crippen molar-refractivity contribution in [2.45, 2.75) is 69.2 Å². The van der Waals surface area contributed by atoms with Crippen molar-refractivity contribution >= 4 is 20.0 Å². The van der Waals surface area contributed by atoms with Gasteiger partial charge in [-0.1, -0.05) is 0 Å². The van der Waals surface area contributed by atoms with E-state index in [4.69, 9.17) is 0 Å². The van der Waals surface area contributed by atoms with Gasteiger partial charge in [0.2, 0.25) is 20.0 Å². The van der Waals surface area contributed by atoms with Gasteiger partial charge < -0.3 is 0 Å². The lowest BCUT2D eigenvalue weighted by Crippen LogP contribution is -2.50. The Bertz CT molecular complexity index is 856. The third-order valence-corrected chi connectivity index (χ3v) is 9.03. The smallest absolute Gasteiger partial charge is 0.244 e. The van der Waals surface area contributed by atoms with Gasteiger partial charge in [0.05, 0.1) is 16.6 Å². The van der Waals surface area contributed by atoms with Crippen molar-refractivity contribution in [3.8, 4) is 0 Å². The lowest BCUT2D eigenvalue weighted by molar-refractivity contribution is 0.303. The van der Waals surface area contributed by atoms with Crippen LogP contribution in [0.15, 0.2) is 4.90 Å². The predicted octanol–water partition coefficient (Wildman–Crippen LogP) is 0.755. The van der Waals surface area contributed by atoms with Crippen LogP contribution < -0.4 is 4.72 Å². The number of aromatic nitrogens is 2. The summed E-state index contributed by atoms with van der Waals surface area (Å²) in [5.41, 5.74) is 1.07. The molecule has 2 aliphatic rings. The van der Waals surface area contributed by atoms with E-state index in [1.165, 1.54) is 4.31 Å². The number of nitrogens with one attached hydrogen (secondary N) is 1. The van der Waals surface area contributed by atoms with Crippen molar-refractivity contribution in [2.75, 3.05) is 13.1 Å². The fourth-order valence-corrected chi connectivity index (χ4v) is 7.10. The summed E-state index contributed by atoms with van der Waals surface area (Å²) in [6.45, 7) is 6.60. The standard InChI is InChI=1S/C15H26N4O4S2/c1-4-19-12(3)15(11(2)16-19)24(20,21)17-13-6-5-9-18(10-13)25(22,23)14-7-8-14/h13-14,17H,4-10H2,1-3H3/t13-/m1/s1. The van der Waals surface area contributed by atoms with Crippen LogP contribution in [0.1, 0.15) is 44.0 Å². The Kier molecular flexibility index (Phi) is 5.00. The predicted molar refractivity (Wildman–Crippen MR) is 94.2 cm³/mol. The van der Waals surface area contributed by atoms with Gasteiger partial charge in [0, 0.05) is 25.7 Å². The molecule has 1 aliphatic heterocycles. The molecule has 2 heterocycles. The molecule has 8 nitrogen and oxygen atoms in total. The lowest BCUT2D eigenvalue weighted by atomic mass is 10.1. The number of nitrogens with zero attached hydrogens (tertiary/aromatic N) is 3. The molecule has 0 bridgehead atoms. The molecule has 2 fully saturated rings. The number of piperidine rings is 1. The minimum Gasteiger partial charge on any atom is -0.268 e. The van der Waals surface area contributed by atoms with E-state index in [1.54, 1.807) is 18.5 Å². The maximum absolute atomic E-state index is 12.8. The summed E-state index contributed by atoms with van der Waals surface area (Å²) in [4.78, 5) is 0.205. The average Bonchev–Trinajstić information content (AvgIpc) is 3.33. The first-order chi connectivity index (χ1) is 11.7. The number of hydrogen-bond donors (Lipinski definition) is 1. The number of rotatable bonds is 6. The maximum atomic E-state index is 12.8. The van der Waals surface area contributed by atoms with Crippen LogP contribution in [0.4, 0.5) is 0 Å². The summed E-state index contributed by atoms with van der Waals surface area (Å²) < 4.78 is 56.3. The second-order valence-corrected chi connectivity index (χ2v) is 10.7. The average molecular weight is 391 g/mol. The van der Waals surface area contributed by atoms with Crippen molar-refractivity contribution in [1.29, 1.82) is 0 Å². The van der Waals surface area contributed by atoms with Crippen molar-refractivity contribution in [3.05, 3.63) is 11.4 Å². The van der Waals surface area contributed by atoms with Crippen LogP contribution in [0, 0.1) is 13.8 Å². The number of sulfonamides is 2. The highest BCUT2D eigenvalue weighted by Crippen LogP contribution is 2.32. The van der Waals surface area contributed by atoms with Crippen LogP contribution >= 0.6 is 0 Å². The van der Waals surface area contributed by atoms with Crippen LogP contribution in [0.5, 0.6) is 0 Å². The van der Waals surface area contributed by atoms with Crippen LogP contribution in [0.25, 0.3) is 0 Å². The molecule has 1 aromatic rings. The molecule has 1 aliphatic carbocycles. The zero-order chi connectivity index (χ0) is 18.4. The molecule has 1 atom stereocenters. The van der Waals surface area contributed by atoms with Gasteiger partial charge in [-0.3, -0.25) is 4.68 Å². The van der Waals surface area contributed by atoms with Crippen molar-refractivity contribution < 1.29 is 16.8 Å². The van der Waals surface area contributed by atoms with E-state index in [2.05, 4.69) is 9.82 Å². The first kappa shape index (κ1) is 18.8. The molecule has 0 amide bonds. The van der Waals surface area contributed by atoms with Gasteiger partial charge in [-0.25, -0.2) is 25.9 Å².